The maximum Gasteiger partial charge on any atom is 0.210 e. The number of carbonyl (C=O) groups excluding carboxylic acids is 3. The lowest BCUT2D eigenvalue weighted by molar-refractivity contribution is -0.174. The summed E-state index contributed by atoms with van der Waals surface area (Å²) in [5.74, 6) is -2.21. The SMILES string of the molecule is CCCCCCCCCC(=O)C(O)C(O)C(O)(C(=O)CCCCCCC)C(=O)CCCCCCC. The van der Waals surface area contributed by atoms with E-state index in [1.54, 1.807) is 0 Å². The maximum atomic E-state index is 13.0. The Morgan fingerprint density at radius 3 is 1.23 bits per heavy atom. The second kappa shape index (κ2) is 21.0. The second-order valence-electron chi connectivity index (χ2n) is 10.2. The molecule has 0 aliphatic carbocycles. The predicted molar refractivity (Wildman–Crippen MR) is 141 cm³/mol. The van der Waals surface area contributed by atoms with Crippen LogP contribution < -0.4 is 0 Å². The Kier molecular flexibility index (Phi) is 20.4. The molecule has 0 bridgehead atoms. The number of hydrogen-bond acceptors (Lipinski definition) is 6. The number of unbranched alkanes of at least 4 members (excludes halogenated alkanes) is 14. The van der Waals surface area contributed by atoms with Crippen LogP contribution in [0.2, 0.25) is 0 Å². The molecule has 6 nitrogen and oxygen atoms in total. The van der Waals surface area contributed by atoms with Crippen molar-refractivity contribution in [2.75, 3.05) is 0 Å². The van der Waals surface area contributed by atoms with E-state index in [4.69, 9.17) is 0 Å². The van der Waals surface area contributed by atoms with Crippen molar-refractivity contribution in [3.63, 3.8) is 0 Å². The van der Waals surface area contributed by atoms with Crippen LogP contribution in [0.1, 0.15) is 149 Å². The van der Waals surface area contributed by atoms with E-state index >= 15 is 0 Å². The highest BCUT2D eigenvalue weighted by atomic mass is 16.4. The summed E-state index contributed by atoms with van der Waals surface area (Å²) in [5.41, 5.74) is -2.73. The normalized spacial score (nSPS) is 13.5. The molecule has 0 aromatic rings. The molecule has 0 saturated carbocycles. The van der Waals surface area contributed by atoms with Gasteiger partial charge in [0.1, 0.15) is 12.2 Å². The van der Waals surface area contributed by atoms with Crippen LogP contribution in [0.5, 0.6) is 0 Å². The van der Waals surface area contributed by atoms with E-state index in [0.717, 1.165) is 70.6 Å². The summed E-state index contributed by atoms with van der Waals surface area (Å²) >= 11 is 0. The van der Waals surface area contributed by atoms with Gasteiger partial charge in [-0.2, -0.15) is 0 Å². The van der Waals surface area contributed by atoms with E-state index in [2.05, 4.69) is 20.8 Å². The smallest absolute Gasteiger partial charge is 0.210 e. The van der Waals surface area contributed by atoms with Gasteiger partial charge >= 0.3 is 0 Å². The Balaban J connectivity index is 5.06. The van der Waals surface area contributed by atoms with Crippen LogP contribution in [0.25, 0.3) is 0 Å². The molecule has 0 aliphatic rings. The molecule has 35 heavy (non-hydrogen) atoms. The molecule has 6 heteroatoms. The molecule has 2 atom stereocenters. The lowest BCUT2D eigenvalue weighted by Gasteiger charge is -2.32. The molecular formula is C29H54O6. The van der Waals surface area contributed by atoms with Crippen molar-refractivity contribution in [1.29, 1.82) is 0 Å². The quantitative estimate of drug-likeness (QED) is 0.105. The summed E-state index contributed by atoms with van der Waals surface area (Å²) < 4.78 is 0. The van der Waals surface area contributed by atoms with Gasteiger partial charge in [0.2, 0.25) is 5.60 Å². The Bertz CT molecular complexity index is 548. The molecule has 0 aliphatic heterocycles. The molecule has 0 aromatic carbocycles. The molecule has 206 valence electrons. The Morgan fingerprint density at radius 1 is 0.543 bits per heavy atom. The number of aliphatic hydroxyl groups excluding tert-OH is 2. The Labute approximate surface area is 214 Å². The fraction of sp³-hybridized carbons (Fsp3) is 0.897. The van der Waals surface area contributed by atoms with Crippen LogP contribution in [-0.4, -0.2) is 50.5 Å². The van der Waals surface area contributed by atoms with Crippen molar-refractivity contribution in [3.05, 3.63) is 0 Å². The van der Waals surface area contributed by atoms with Gasteiger partial charge < -0.3 is 15.3 Å². The zero-order valence-corrected chi connectivity index (χ0v) is 22.9. The molecule has 0 amide bonds. The standard InChI is InChI=1S/C29H54O6/c1-4-7-10-13-14-17-18-21-24(30)27(33)28(34)29(35,25(31)22-19-15-11-8-5-2)26(32)23-20-16-12-9-6-3/h27-28,33-35H,4-23H2,1-3H3. The van der Waals surface area contributed by atoms with Gasteiger partial charge in [0.05, 0.1) is 0 Å². The molecule has 2 unspecified atom stereocenters. The summed E-state index contributed by atoms with van der Waals surface area (Å²) in [5, 5.41) is 32.5. The van der Waals surface area contributed by atoms with Crippen LogP contribution in [0, 0.1) is 0 Å². The summed E-state index contributed by atoms with van der Waals surface area (Å²) in [7, 11) is 0. The number of carbonyl (C=O) groups is 3. The van der Waals surface area contributed by atoms with E-state index in [-0.39, 0.29) is 19.3 Å². The minimum absolute atomic E-state index is 0.0541. The number of ketones is 3. The van der Waals surface area contributed by atoms with Crippen molar-refractivity contribution in [2.24, 2.45) is 0 Å². The van der Waals surface area contributed by atoms with Gasteiger partial charge in [0.15, 0.2) is 17.3 Å². The van der Waals surface area contributed by atoms with Gasteiger partial charge in [0, 0.05) is 19.3 Å². The van der Waals surface area contributed by atoms with E-state index in [9.17, 15) is 29.7 Å². The van der Waals surface area contributed by atoms with Crippen molar-refractivity contribution < 1.29 is 29.7 Å². The summed E-state index contributed by atoms with van der Waals surface area (Å²) in [6.45, 7) is 6.33. The molecule has 0 radical (unpaired) electrons. The third-order valence-electron chi connectivity index (χ3n) is 6.95. The molecule has 0 fully saturated rings. The molecule has 0 spiro atoms. The first-order chi connectivity index (χ1) is 16.8. The lowest BCUT2D eigenvalue weighted by Crippen LogP contribution is -2.61. The van der Waals surface area contributed by atoms with Gasteiger partial charge in [-0.3, -0.25) is 14.4 Å². The first-order valence-corrected chi connectivity index (χ1v) is 14.4. The summed E-state index contributed by atoms with van der Waals surface area (Å²) in [6, 6.07) is 0. The highest BCUT2D eigenvalue weighted by Crippen LogP contribution is 2.25. The molecule has 0 heterocycles. The predicted octanol–water partition coefficient (Wildman–Crippen LogP) is 6.01. The van der Waals surface area contributed by atoms with E-state index < -0.39 is 35.2 Å². The van der Waals surface area contributed by atoms with Gasteiger partial charge in [-0.15, -0.1) is 0 Å². The molecule has 0 aromatic heterocycles. The number of hydrogen-bond donors (Lipinski definition) is 3. The zero-order valence-electron chi connectivity index (χ0n) is 22.9. The van der Waals surface area contributed by atoms with Gasteiger partial charge in [0.25, 0.3) is 0 Å². The number of Topliss-reactive ketones (excluding diaryl/α,β-unsaturated/α-hetero) is 3. The fourth-order valence-electron chi connectivity index (χ4n) is 4.45. The topological polar surface area (TPSA) is 112 Å². The average Bonchev–Trinajstić information content (AvgIpc) is 2.85. The van der Waals surface area contributed by atoms with Gasteiger partial charge in [-0.1, -0.05) is 111 Å². The van der Waals surface area contributed by atoms with Gasteiger partial charge in [-0.25, -0.2) is 0 Å². The minimum atomic E-state index is -2.73. The van der Waals surface area contributed by atoms with Crippen LogP contribution in [0.3, 0.4) is 0 Å². The van der Waals surface area contributed by atoms with Crippen LogP contribution in [0.15, 0.2) is 0 Å². The number of aliphatic hydroxyl groups is 3. The summed E-state index contributed by atoms with van der Waals surface area (Å²) in [4.78, 5) is 38.5. The maximum absolute atomic E-state index is 13.0. The summed E-state index contributed by atoms with van der Waals surface area (Å²) in [6.07, 6.45) is 11.6. The Hall–Kier alpha value is -1.11. The fourth-order valence-corrected chi connectivity index (χ4v) is 4.45. The first-order valence-electron chi connectivity index (χ1n) is 14.4. The average molecular weight is 499 g/mol. The highest BCUT2D eigenvalue weighted by Gasteiger charge is 2.52. The minimum Gasteiger partial charge on any atom is -0.386 e. The van der Waals surface area contributed by atoms with Crippen LogP contribution in [-0.2, 0) is 14.4 Å². The van der Waals surface area contributed by atoms with E-state index in [1.165, 1.54) is 19.3 Å². The second-order valence-corrected chi connectivity index (χ2v) is 10.2. The van der Waals surface area contributed by atoms with E-state index in [1.807, 2.05) is 0 Å². The van der Waals surface area contributed by atoms with E-state index in [0.29, 0.717) is 19.3 Å². The lowest BCUT2D eigenvalue weighted by atomic mass is 9.79. The molecule has 3 N–H and O–H groups in total. The van der Waals surface area contributed by atoms with Crippen LogP contribution >= 0.6 is 0 Å². The van der Waals surface area contributed by atoms with Gasteiger partial charge in [-0.05, 0) is 19.3 Å². The van der Waals surface area contributed by atoms with Crippen molar-refractivity contribution in [2.45, 2.75) is 167 Å². The molecular weight excluding hydrogens is 444 g/mol. The van der Waals surface area contributed by atoms with Crippen molar-refractivity contribution in [1.82, 2.24) is 0 Å². The van der Waals surface area contributed by atoms with Crippen molar-refractivity contribution in [3.8, 4) is 0 Å². The zero-order chi connectivity index (χ0) is 26.5. The van der Waals surface area contributed by atoms with Crippen molar-refractivity contribution >= 4 is 17.3 Å². The Morgan fingerprint density at radius 2 is 0.857 bits per heavy atom. The third kappa shape index (κ3) is 13.7. The first kappa shape index (κ1) is 33.9. The highest BCUT2D eigenvalue weighted by molar-refractivity contribution is 6.11. The third-order valence-corrected chi connectivity index (χ3v) is 6.95. The number of rotatable bonds is 25. The molecule has 0 saturated heterocycles. The monoisotopic (exact) mass is 498 g/mol. The van der Waals surface area contributed by atoms with Crippen LogP contribution in [0.4, 0.5) is 0 Å². The largest absolute Gasteiger partial charge is 0.386 e. The molecule has 0 rings (SSSR count).